The van der Waals surface area contributed by atoms with Gasteiger partial charge in [-0.25, -0.2) is 4.79 Å². The number of rotatable bonds is 11. The van der Waals surface area contributed by atoms with Crippen molar-refractivity contribution in [1.29, 1.82) is 0 Å². The number of hydrogen-bond acceptors (Lipinski definition) is 3. The van der Waals surface area contributed by atoms with E-state index in [4.69, 9.17) is 9.47 Å². The van der Waals surface area contributed by atoms with Gasteiger partial charge in [0.1, 0.15) is 6.10 Å². The number of methoxy groups -OCH3 is 1. The Hall–Kier alpha value is -1.35. The van der Waals surface area contributed by atoms with Crippen molar-refractivity contribution in [2.75, 3.05) is 13.7 Å². The molecule has 0 aliphatic carbocycles. The maximum Gasteiger partial charge on any atom is 0.338 e. The maximum absolute atomic E-state index is 12.2. The zero-order chi connectivity index (χ0) is 16.2. The molecule has 0 amide bonds. The Morgan fingerprint density at radius 3 is 2.55 bits per heavy atom. The molecule has 0 heterocycles. The third-order valence-corrected chi connectivity index (χ3v) is 3.76. The van der Waals surface area contributed by atoms with Crippen LogP contribution in [0.25, 0.3) is 0 Å². The predicted octanol–water partition coefficient (Wildman–Crippen LogP) is 4.92. The molecule has 0 fully saturated rings. The van der Waals surface area contributed by atoms with Crippen molar-refractivity contribution in [1.82, 2.24) is 0 Å². The largest absolute Gasteiger partial charge is 0.456 e. The summed E-state index contributed by atoms with van der Waals surface area (Å²) < 4.78 is 10.8. The van der Waals surface area contributed by atoms with E-state index in [1.807, 2.05) is 25.1 Å². The lowest BCUT2D eigenvalue weighted by Crippen LogP contribution is -2.23. The van der Waals surface area contributed by atoms with Crippen molar-refractivity contribution in [3.8, 4) is 0 Å². The Balaban J connectivity index is 2.38. The van der Waals surface area contributed by atoms with Gasteiger partial charge in [-0.15, -0.1) is 0 Å². The minimum absolute atomic E-state index is 0.149. The molecule has 1 aromatic carbocycles. The molecular formula is C19H30O3. The van der Waals surface area contributed by atoms with Gasteiger partial charge in [0.2, 0.25) is 0 Å². The number of esters is 1. The van der Waals surface area contributed by atoms with Gasteiger partial charge in [0.25, 0.3) is 0 Å². The van der Waals surface area contributed by atoms with Crippen LogP contribution in [0.15, 0.2) is 24.3 Å². The monoisotopic (exact) mass is 306 g/mol. The second-order valence-electron chi connectivity index (χ2n) is 5.91. The Kier molecular flexibility index (Phi) is 9.56. The van der Waals surface area contributed by atoms with Crippen LogP contribution in [0.5, 0.6) is 0 Å². The summed E-state index contributed by atoms with van der Waals surface area (Å²) in [4.78, 5) is 12.2. The Morgan fingerprint density at radius 2 is 1.86 bits per heavy atom. The molecule has 0 radical (unpaired) electrons. The Labute approximate surface area is 135 Å². The molecule has 0 aliphatic heterocycles. The third kappa shape index (κ3) is 7.60. The summed E-state index contributed by atoms with van der Waals surface area (Å²) >= 11 is 0. The van der Waals surface area contributed by atoms with Crippen molar-refractivity contribution < 1.29 is 14.3 Å². The molecule has 1 rings (SSSR count). The van der Waals surface area contributed by atoms with Gasteiger partial charge in [-0.3, -0.25) is 0 Å². The molecule has 0 aliphatic rings. The van der Waals surface area contributed by atoms with E-state index in [-0.39, 0.29) is 12.1 Å². The first kappa shape index (κ1) is 18.7. The molecule has 1 atom stereocenters. The predicted molar refractivity (Wildman–Crippen MR) is 90.3 cm³/mol. The summed E-state index contributed by atoms with van der Waals surface area (Å²) in [7, 11) is 1.65. The molecule has 22 heavy (non-hydrogen) atoms. The summed E-state index contributed by atoms with van der Waals surface area (Å²) in [5.41, 5.74) is 1.68. The average molecular weight is 306 g/mol. The smallest absolute Gasteiger partial charge is 0.338 e. The number of carbonyl (C=O) groups is 1. The first-order valence-electron chi connectivity index (χ1n) is 8.44. The van der Waals surface area contributed by atoms with Crippen LogP contribution >= 0.6 is 0 Å². The molecule has 0 bridgehead atoms. The molecule has 3 heteroatoms. The lowest BCUT2D eigenvalue weighted by Gasteiger charge is -2.17. The van der Waals surface area contributed by atoms with E-state index >= 15 is 0 Å². The van der Waals surface area contributed by atoms with Crippen LogP contribution in [0, 0.1) is 6.92 Å². The van der Waals surface area contributed by atoms with Crippen molar-refractivity contribution in [3.63, 3.8) is 0 Å². The fourth-order valence-electron chi connectivity index (χ4n) is 2.51. The van der Waals surface area contributed by atoms with Crippen LogP contribution in [0.4, 0.5) is 0 Å². The number of hydrogen-bond donors (Lipinski definition) is 0. The van der Waals surface area contributed by atoms with E-state index in [9.17, 15) is 4.79 Å². The SMILES string of the molecule is CCCCCCCCC(COC)OC(=O)c1cccc(C)c1. The normalized spacial score (nSPS) is 12.1. The van der Waals surface area contributed by atoms with Crippen molar-refractivity contribution in [3.05, 3.63) is 35.4 Å². The van der Waals surface area contributed by atoms with Crippen LogP contribution in [0.3, 0.4) is 0 Å². The Morgan fingerprint density at radius 1 is 1.14 bits per heavy atom. The number of benzene rings is 1. The summed E-state index contributed by atoms with van der Waals surface area (Å²) in [5.74, 6) is -0.253. The highest BCUT2D eigenvalue weighted by Gasteiger charge is 2.15. The van der Waals surface area contributed by atoms with E-state index in [1.165, 1.54) is 32.1 Å². The molecule has 124 valence electrons. The molecule has 0 aromatic heterocycles. The number of ether oxygens (including phenoxy) is 2. The van der Waals surface area contributed by atoms with E-state index in [0.29, 0.717) is 12.2 Å². The maximum atomic E-state index is 12.2. The van der Waals surface area contributed by atoms with Gasteiger partial charge in [-0.2, -0.15) is 0 Å². The van der Waals surface area contributed by atoms with Crippen LogP contribution in [-0.2, 0) is 9.47 Å². The molecule has 1 aromatic rings. The van der Waals surface area contributed by atoms with E-state index in [2.05, 4.69) is 6.92 Å². The Bertz CT molecular complexity index is 428. The second kappa shape index (κ2) is 11.2. The highest BCUT2D eigenvalue weighted by Crippen LogP contribution is 2.13. The molecule has 3 nitrogen and oxygen atoms in total. The fourth-order valence-corrected chi connectivity index (χ4v) is 2.51. The molecule has 0 spiro atoms. The molecule has 1 unspecified atom stereocenters. The summed E-state index contributed by atoms with van der Waals surface area (Å²) in [6.07, 6.45) is 8.14. The van der Waals surface area contributed by atoms with E-state index < -0.39 is 0 Å². The van der Waals surface area contributed by atoms with Gasteiger partial charge < -0.3 is 9.47 Å². The number of aryl methyl sites for hydroxylation is 1. The summed E-state index contributed by atoms with van der Waals surface area (Å²) in [6.45, 7) is 4.66. The second-order valence-corrected chi connectivity index (χ2v) is 5.91. The van der Waals surface area contributed by atoms with Gasteiger partial charge in [0.15, 0.2) is 0 Å². The van der Waals surface area contributed by atoms with Crippen LogP contribution < -0.4 is 0 Å². The molecule has 0 saturated carbocycles. The van der Waals surface area contributed by atoms with E-state index in [1.54, 1.807) is 13.2 Å². The van der Waals surface area contributed by atoms with Gasteiger partial charge in [0, 0.05) is 7.11 Å². The van der Waals surface area contributed by atoms with Crippen LogP contribution in [0.2, 0.25) is 0 Å². The zero-order valence-corrected chi connectivity index (χ0v) is 14.3. The highest BCUT2D eigenvalue weighted by atomic mass is 16.6. The van der Waals surface area contributed by atoms with Crippen molar-refractivity contribution in [2.45, 2.75) is 64.9 Å². The molecule has 0 saturated heterocycles. The van der Waals surface area contributed by atoms with Crippen LogP contribution in [0.1, 0.15) is 67.8 Å². The fraction of sp³-hybridized carbons (Fsp3) is 0.632. The first-order chi connectivity index (χ1) is 10.7. The van der Waals surface area contributed by atoms with Gasteiger partial charge in [0.05, 0.1) is 12.2 Å². The van der Waals surface area contributed by atoms with Gasteiger partial charge in [-0.1, -0.05) is 56.7 Å². The highest BCUT2D eigenvalue weighted by molar-refractivity contribution is 5.89. The number of carbonyl (C=O) groups excluding carboxylic acids is 1. The molecule has 0 N–H and O–H groups in total. The lowest BCUT2D eigenvalue weighted by molar-refractivity contribution is 0.00236. The number of unbranched alkanes of at least 4 members (excludes halogenated alkanes) is 5. The lowest BCUT2D eigenvalue weighted by atomic mass is 10.1. The van der Waals surface area contributed by atoms with Gasteiger partial charge in [-0.05, 0) is 31.9 Å². The van der Waals surface area contributed by atoms with Crippen molar-refractivity contribution in [2.24, 2.45) is 0 Å². The quantitative estimate of drug-likeness (QED) is 0.430. The standard InChI is InChI=1S/C19H30O3/c1-4-5-6-7-8-9-13-18(15-21-3)22-19(20)17-12-10-11-16(2)14-17/h10-12,14,18H,4-9,13,15H2,1-3H3. The first-order valence-corrected chi connectivity index (χ1v) is 8.44. The van der Waals surface area contributed by atoms with Gasteiger partial charge >= 0.3 is 5.97 Å². The van der Waals surface area contributed by atoms with Crippen molar-refractivity contribution >= 4 is 5.97 Å². The molecular weight excluding hydrogens is 276 g/mol. The van der Waals surface area contributed by atoms with E-state index in [0.717, 1.165) is 18.4 Å². The topological polar surface area (TPSA) is 35.5 Å². The zero-order valence-electron chi connectivity index (χ0n) is 14.3. The third-order valence-electron chi connectivity index (χ3n) is 3.76. The minimum Gasteiger partial charge on any atom is -0.456 e. The van der Waals surface area contributed by atoms with Crippen LogP contribution in [-0.4, -0.2) is 25.8 Å². The summed E-state index contributed by atoms with van der Waals surface area (Å²) in [5, 5.41) is 0. The minimum atomic E-state index is -0.253. The summed E-state index contributed by atoms with van der Waals surface area (Å²) in [6, 6.07) is 7.51. The average Bonchev–Trinajstić information content (AvgIpc) is 2.50.